The van der Waals surface area contributed by atoms with Gasteiger partial charge in [0.25, 0.3) is 0 Å². The van der Waals surface area contributed by atoms with Crippen molar-refractivity contribution >= 4 is 17.0 Å². The predicted molar refractivity (Wildman–Crippen MR) is 72.7 cm³/mol. The molecular weight excluding hydrogens is 278 g/mol. The van der Waals surface area contributed by atoms with Crippen LogP contribution in [0.25, 0.3) is 22.4 Å². The molecule has 2 aromatic carbocycles. The van der Waals surface area contributed by atoms with Gasteiger partial charge in [-0.1, -0.05) is 12.1 Å². The first kappa shape index (κ1) is 13.2. The van der Waals surface area contributed by atoms with E-state index < -0.39 is 17.6 Å². The highest BCUT2D eigenvalue weighted by Gasteiger charge is 2.17. The van der Waals surface area contributed by atoms with Crippen molar-refractivity contribution in [2.45, 2.75) is 6.54 Å². The number of carboxylic acid groups (broad SMARTS) is 1. The standard InChI is InChI=1S/C15H10F2N2O2/c16-9-5-6-11(17)10(7-9)15-18-12-3-1-2-4-13(12)19(15)8-14(20)21/h1-7H,8H2,(H,20,21). The Hall–Kier alpha value is -2.76. The van der Waals surface area contributed by atoms with Crippen LogP contribution in [-0.2, 0) is 11.3 Å². The van der Waals surface area contributed by atoms with Crippen LogP contribution in [0.3, 0.4) is 0 Å². The summed E-state index contributed by atoms with van der Waals surface area (Å²) in [6.07, 6.45) is 0. The van der Waals surface area contributed by atoms with Crippen molar-refractivity contribution in [2.75, 3.05) is 0 Å². The van der Waals surface area contributed by atoms with Crippen molar-refractivity contribution in [2.24, 2.45) is 0 Å². The van der Waals surface area contributed by atoms with Gasteiger partial charge in [-0.15, -0.1) is 0 Å². The number of carboxylic acids is 1. The fourth-order valence-electron chi connectivity index (χ4n) is 2.25. The highest BCUT2D eigenvalue weighted by molar-refractivity contribution is 5.82. The van der Waals surface area contributed by atoms with E-state index in [1.54, 1.807) is 24.3 Å². The third kappa shape index (κ3) is 2.35. The zero-order valence-electron chi connectivity index (χ0n) is 10.8. The molecule has 0 atom stereocenters. The minimum absolute atomic E-state index is 0.0625. The van der Waals surface area contributed by atoms with E-state index in [9.17, 15) is 13.6 Å². The Bertz CT molecular complexity index is 843. The van der Waals surface area contributed by atoms with Crippen molar-refractivity contribution in [1.29, 1.82) is 0 Å². The highest BCUT2D eigenvalue weighted by Crippen LogP contribution is 2.27. The number of nitrogens with zero attached hydrogens (tertiary/aromatic N) is 2. The zero-order chi connectivity index (χ0) is 15.0. The van der Waals surface area contributed by atoms with Crippen LogP contribution in [0.4, 0.5) is 8.78 Å². The molecule has 6 heteroatoms. The molecule has 0 saturated carbocycles. The number of hydrogen-bond donors (Lipinski definition) is 1. The van der Waals surface area contributed by atoms with Crippen LogP contribution in [0, 0.1) is 11.6 Å². The lowest BCUT2D eigenvalue weighted by atomic mass is 10.2. The van der Waals surface area contributed by atoms with Crippen LogP contribution >= 0.6 is 0 Å². The molecule has 0 saturated heterocycles. The summed E-state index contributed by atoms with van der Waals surface area (Å²) in [4.78, 5) is 15.3. The fourth-order valence-corrected chi connectivity index (χ4v) is 2.25. The maximum absolute atomic E-state index is 13.9. The Kier molecular flexibility index (Phi) is 3.13. The first-order chi connectivity index (χ1) is 10.1. The number of halogens is 2. The van der Waals surface area contributed by atoms with Crippen molar-refractivity contribution in [3.05, 3.63) is 54.1 Å². The van der Waals surface area contributed by atoms with Gasteiger partial charge in [-0.3, -0.25) is 4.79 Å². The quantitative estimate of drug-likeness (QED) is 0.806. The third-order valence-corrected chi connectivity index (χ3v) is 3.12. The summed E-state index contributed by atoms with van der Waals surface area (Å²) in [5, 5.41) is 9.02. The normalized spacial score (nSPS) is 11.0. The molecule has 0 spiro atoms. The molecule has 0 aliphatic carbocycles. The van der Waals surface area contributed by atoms with Crippen LogP contribution in [0.1, 0.15) is 0 Å². The molecule has 0 aliphatic heterocycles. The second-order valence-electron chi connectivity index (χ2n) is 4.53. The Morgan fingerprint density at radius 3 is 2.71 bits per heavy atom. The van der Waals surface area contributed by atoms with Crippen LogP contribution in [0.15, 0.2) is 42.5 Å². The summed E-state index contributed by atoms with van der Waals surface area (Å²) in [6.45, 7) is -0.383. The van der Waals surface area contributed by atoms with Crippen LogP contribution < -0.4 is 0 Å². The lowest BCUT2D eigenvalue weighted by Gasteiger charge is -2.07. The molecule has 0 radical (unpaired) electrons. The molecule has 3 aromatic rings. The number of para-hydroxylation sites is 2. The molecule has 1 heterocycles. The molecule has 0 fully saturated rings. The van der Waals surface area contributed by atoms with Crippen molar-refractivity contribution in [1.82, 2.24) is 9.55 Å². The maximum atomic E-state index is 13.9. The summed E-state index contributed by atoms with van der Waals surface area (Å²) in [7, 11) is 0. The largest absolute Gasteiger partial charge is 0.480 e. The highest BCUT2D eigenvalue weighted by atomic mass is 19.1. The van der Waals surface area contributed by atoms with Gasteiger partial charge in [-0.05, 0) is 30.3 Å². The Morgan fingerprint density at radius 1 is 1.19 bits per heavy atom. The van der Waals surface area contributed by atoms with E-state index in [0.29, 0.717) is 11.0 Å². The molecule has 1 N–H and O–H groups in total. The van der Waals surface area contributed by atoms with E-state index in [0.717, 1.165) is 18.2 Å². The number of hydrogen-bond acceptors (Lipinski definition) is 2. The number of aromatic nitrogens is 2. The number of rotatable bonds is 3. The molecule has 4 nitrogen and oxygen atoms in total. The van der Waals surface area contributed by atoms with Gasteiger partial charge in [0.2, 0.25) is 0 Å². The van der Waals surface area contributed by atoms with Crippen LogP contribution in [0.2, 0.25) is 0 Å². The van der Waals surface area contributed by atoms with E-state index in [4.69, 9.17) is 5.11 Å². The van der Waals surface area contributed by atoms with Gasteiger partial charge in [0.05, 0.1) is 16.6 Å². The number of carbonyl (C=O) groups is 1. The number of benzene rings is 2. The molecule has 1 aromatic heterocycles. The molecule has 106 valence electrons. The summed E-state index contributed by atoms with van der Waals surface area (Å²) in [6, 6.07) is 9.85. The number of imidazole rings is 1. The third-order valence-electron chi connectivity index (χ3n) is 3.12. The van der Waals surface area contributed by atoms with Gasteiger partial charge < -0.3 is 9.67 Å². The number of fused-ring (bicyclic) bond motifs is 1. The Morgan fingerprint density at radius 2 is 1.95 bits per heavy atom. The molecule has 0 aliphatic rings. The van der Waals surface area contributed by atoms with Gasteiger partial charge >= 0.3 is 5.97 Å². The lowest BCUT2D eigenvalue weighted by Crippen LogP contribution is -2.10. The smallest absolute Gasteiger partial charge is 0.323 e. The average Bonchev–Trinajstić information content (AvgIpc) is 2.80. The van der Waals surface area contributed by atoms with Gasteiger partial charge in [-0.2, -0.15) is 0 Å². The first-order valence-electron chi connectivity index (χ1n) is 6.19. The minimum atomic E-state index is -1.09. The molecule has 3 rings (SSSR count). The molecule has 0 bridgehead atoms. The summed E-state index contributed by atoms with van der Waals surface area (Å²) in [5.41, 5.74) is 1.02. The fraction of sp³-hybridized carbons (Fsp3) is 0.0667. The first-order valence-corrected chi connectivity index (χ1v) is 6.19. The Balaban J connectivity index is 2.30. The summed E-state index contributed by atoms with van der Waals surface area (Å²) < 4.78 is 28.7. The predicted octanol–water partition coefficient (Wildman–Crippen LogP) is 3.07. The Labute approximate surface area is 118 Å². The van der Waals surface area contributed by atoms with Crippen molar-refractivity contribution < 1.29 is 18.7 Å². The number of aliphatic carboxylic acids is 1. The van der Waals surface area contributed by atoms with Crippen LogP contribution in [0.5, 0.6) is 0 Å². The van der Waals surface area contributed by atoms with Gasteiger partial charge in [0.1, 0.15) is 24.0 Å². The maximum Gasteiger partial charge on any atom is 0.323 e. The summed E-state index contributed by atoms with van der Waals surface area (Å²) >= 11 is 0. The second kappa shape index (κ2) is 4.97. The van der Waals surface area contributed by atoms with E-state index in [1.807, 2.05) is 0 Å². The second-order valence-corrected chi connectivity index (χ2v) is 4.53. The van der Waals surface area contributed by atoms with Gasteiger partial charge in [-0.25, -0.2) is 13.8 Å². The topological polar surface area (TPSA) is 55.1 Å². The zero-order valence-corrected chi connectivity index (χ0v) is 10.8. The monoisotopic (exact) mass is 288 g/mol. The van der Waals surface area contributed by atoms with Gasteiger partial charge in [0, 0.05) is 0 Å². The average molecular weight is 288 g/mol. The van der Waals surface area contributed by atoms with Crippen molar-refractivity contribution in [3.63, 3.8) is 0 Å². The molecular formula is C15H10F2N2O2. The minimum Gasteiger partial charge on any atom is -0.480 e. The van der Waals surface area contributed by atoms with Crippen molar-refractivity contribution in [3.8, 4) is 11.4 Å². The van der Waals surface area contributed by atoms with Gasteiger partial charge in [0.15, 0.2) is 0 Å². The SMILES string of the molecule is O=C(O)Cn1c(-c2cc(F)ccc2F)nc2ccccc21. The van der Waals surface area contributed by atoms with E-state index in [1.165, 1.54) is 4.57 Å². The summed E-state index contributed by atoms with van der Waals surface area (Å²) in [5.74, 6) is -2.26. The van der Waals surface area contributed by atoms with E-state index >= 15 is 0 Å². The van der Waals surface area contributed by atoms with E-state index in [-0.39, 0.29) is 17.9 Å². The molecule has 0 amide bonds. The lowest BCUT2D eigenvalue weighted by molar-refractivity contribution is -0.137. The van der Waals surface area contributed by atoms with Crippen LogP contribution in [-0.4, -0.2) is 20.6 Å². The molecule has 0 unspecified atom stereocenters. The van der Waals surface area contributed by atoms with E-state index in [2.05, 4.69) is 4.98 Å². The molecule has 21 heavy (non-hydrogen) atoms.